The van der Waals surface area contributed by atoms with E-state index in [1.54, 1.807) is 51.2 Å². The van der Waals surface area contributed by atoms with Crippen molar-refractivity contribution in [2.45, 2.75) is 38.8 Å². The fraction of sp³-hybridized carbons (Fsp3) is 0.333. The summed E-state index contributed by atoms with van der Waals surface area (Å²) in [5.41, 5.74) is 7.15. The lowest BCUT2D eigenvalue weighted by atomic mass is 10.0. The molecule has 0 radical (unpaired) electrons. The highest BCUT2D eigenvalue weighted by Crippen LogP contribution is 2.35. The second-order valence-corrected chi connectivity index (χ2v) is 8.61. The molecule has 1 aliphatic rings. The highest BCUT2D eigenvalue weighted by Gasteiger charge is 2.31. The number of rotatable bonds is 5. The predicted octanol–water partition coefficient (Wildman–Crippen LogP) is 3.54. The summed E-state index contributed by atoms with van der Waals surface area (Å²) in [7, 11) is 1.38. The molecule has 0 fully saturated rings. The third-order valence-electron chi connectivity index (χ3n) is 4.99. The van der Waals surface area contributed by atoms with Gasteiger partial charge in [-0.3, -0.25) is 4.79 Å². The van der Waals surface area contributed by atoms with E-state index in [1.807, 2.05) is 0 Å². The maximum Gasteiger partial charge on any atom is 0.514 e. The molecule has 4 N–H and O–H groups in total. The van der Waals surface area contributed by atoms with E-state index < -0.39 is 23.7 Å². The average molecular weight is 456 g/mol. The van der Waals surface area contributed by atoms with E-state index in [9.17, 15) is 19.8 Å². The van der Waals surface area contributed by atoms with Crippen LogP contribution in [-0.2, 0) is 4.74 Å². The topological polar surface area (TPSA) is 132 Å². The number of nitrogen functional groups attached to an aromatic ring is 1. The molecule has 1 unspecified atom stereocenters. The molecule has 0 saturated heterocycles. The molecule has 0 saturated carbocycles. The van der Waals surface area contributed by atoms with E-state index >= 15 is 0 Å². The van der Waals surface area contributed by atoms with Gasteiger partial charge in [0.1, 0.15) is 11.4 Å². The molecule has 0 aliphatic carbocycles. The van der Waals surface area contributed by atoms with Gasteiger partial charge in [-0.15, -0.1) is 0 Å². The van der Waals surface area contributed by atoms with Gasteiger partial charge in [-0.2, -0.15) is 0 Å². The third-order valence-corrected chi connectivity index (χ3v) is 4.99. The van der Waals surface area contributed by atoms with E-state index in [0.29, 0.717) is 12.2 Å². The quantitative estimate of drug-likeness (QED) is 0.354. The zero-order valence-electron chi connectivity index (χ0n) is 19.0. The number of hydrogen-bond donors (Lipinski definition) is 3. The Hall–Kier alpha value is -3.72. The summed E-state index contributed by atoms with van der Waals surface area (Å²) in [5.74, 6) is -0.152. The van der Waals surface area contributed by atoms with Gasteiger partial charge in [0.05, 0.1) is 25.3 Å². The number of benzene rings is 2. The highest BCUT2D eigenvalue weighted by atomic mass is 16.7. The summed E-state index contributed by atoms with van der Waals surface area (Å²) >= 11 is 0. The Morgan fingerprint density at radius 1 is 1.18 bits per heavy atom. The molecule has 33 heavy (non-hydrogen) atoms. The van der Waals surface area contributed by atoms with Crippen LogP contribution in [-0.4, -0.2) is 52.5 Å². The Morgan fingerprint density at radius 2 is 1.85 bits per heavy atom. The van der Waals surface area contributed by atoms with E-state index in [1.165, 1.54) is 24.1 Å². The van der Waals surface area contributed by atoms with Crippen molar-refractivity contribution in [2.75, 3.05) is 19.5 Å². The first kappa shape index (κ1) is 23.9. The Morgan fingerprint density at radius 3 is 2.42 bits per heavy atom. The average Bonchev–Trinajstić information content (AvgIpc) is 3.17. The number of methoxy groups -OCH3 is 1. The van der Waals surface area contributed by atoms with Crippen LogP contribution in [0.15, 0.2) is 42.6 Å². The van der Waals surface area contributed by atoms with Gasteiger partial charge in [0.25, 0.3) is 5.91 Å². The van der Waals surface area contributed by atoms with Crippen molar-refractivity contribution >= 4 is 23.3 Å². The lowest BCUT2D eigenvalue weighted by molar-refractivity contribution is 0.0206. The fourth-order valence-corrected chi connectivity index (χ4v) is 3.42. The van der Waals surface area contributed by atoms with Gasteiger partial charge in [0.2, 0.25) is 0 Å². The van der Waals surface area contributed by atoms with Crippen molar-refractivity contribution in [1.29, 1.82) is 0 Å². The molecule has 0 aromatic heterocycles. The standard InChI is InChI=1S/C24H28N2O7/c1-24(2,3)33-23(30)32-17-7-5-14(6-8-17)15-9-16(13-27)26(12-15)22(29)18-10-21(31-4)20(28)11-19(18)25/h5-8,10-12,16,27-28H,9,13,25H2,1-4H3. The number of aliphatic hydroxyl groups is 1. The smallest absolute Gasteiger partial charge is 0.504 e. The van der Waals surface area contributed by atoms with Crippen LogP contribution < -0.4 is 15.2 Å². The van der Waals surface area contributed by atoms with Crippen molar-refractivity contribution in [3.8, 4) is 17.2 Å². The molecule has 1 atom stereocenters. The van der Waals surface area contributed by atoms with E-state index in [-0.39, 0.29) is 29.4 Å². The zero-order chi connectivity index (χ0) is 24.3. The number of nitrogens with zero attached hydrogens (tertiary/aromatic N) is 1. The number of phenols is 1. The monoisotopic (exact) mass is 456 g/mol. The maximum absolute atomic E-state index is 13.2. The van der Waals surface area contributed by atoms with Gasteiger partial charge in [-0.25, -0.2) is 4.79 Å². The molecule has 1 amide bonds. The molecule has 9 heteroatoms. The molecule has 0 spiro atoms. The molecule has 2 aromatic rings. The number of anilines is 1. The van der Waals surface area contributed by atoms with E-state index in [4.69, 9.17) is 19.9 Å². The minimum absolute atomic E-state index is 0.0977. The Kier molecular flexibility index (Phi) is 6.83. The van der Waals surface area contributed by atoms with Crippen molar-refractivity contribution in [2.24, 2.45) is 0 Å². The summed E-state index contributed by atoms with van der Waals surface area (Å²) in [5, 5.41) is 19.7. The summed E-state index contributed by atoms with van der Waals surface area (Å²) in [6.07, 6.45) is 1.28. The second kappa shape index (κ2) is 9.41. The Bertz CT molecular complexity index is 1070. The van der Waals surface area contributed by atoms with E-state index in [2.05, 4.69) is 0 Å². The second-order valence-electron chi connectivity index (χ2n) is 8.61. The summed E-state index contributed by atoms with van der Waals surface area (Å²) < 4.78 is 15.4. The van der Waals surface area contributed by atoms with Crippen molar-refractivity contribution in [3.63, 3.8) is 0 Å². The largest absolute Gasteiger partial charge is 0.514 e. The van der Waals surface area contributed by atoms with Gasteiger partial charge in [0.15, 0.2) is 11.5 Å². The lowest BCUT2D eigenvalue weighted by Crippen LogP contribution is -2.35. The van der Waals surface area contributed by atoms with Crippen molar-refractivity contribution in [3.05, 3.63) is 53.7 Å². The number of carbonyl (C=O) groups is 2. The summed E-state index contributed by atoms with van der Waals surface area (Å²) in [4.78, 5) is 26.4. The van der Waals surface area contributed by atoms with Crippen LogP contribution in [0.4, 0.5) is 10.5 Å². The molecule has 9 nitrogen and oxygen atoms in total. The van der Waals surface area contributed by atoms with E-state index in [0.717, 1.165) is 11.1 Å². The van der Waals surface area contributed by atoms with Crippen LogP contribution in [0.25, 0.3) is 5.57 Å². The van der Waals surface area contributed by atoms with Crippen LogP contribution >= 0.6 is 0 Å². The molecule has 2 aromatic carbocycles. The first-order chi connectivity index (χ1) is 15.5. The van der Waals surface area contributed by atoms with Crippen LogP contribution in [0.2, 0.25) is 0 Å². The summed E-state index contributed by atoms with van der Waals surface area (Å²) in [6.45, 7) is 4.99. The molecular formula is C24H28N2O7. The Labute approximate surface area is 192 Å². The predicted molar refractivity (Wildman–Crippen MR) is 122 cm³/mol. The molecule has 1 aliphatic heterocycles. The van der Waals surface area contributed by atoms with Crippen molar-refractivity contribution in [1.82, 2.24) is 4.90 Å². The number of nitrogens with two attached hydrogens (primary N) is 1. The zero-order valence-corrected chi connectivity index (χ0v) is 19.0. The van der Waals surface area contributed by atoms with Crippen molar-refractivity contribution < 1.29 is 34.0 Å². The van der Waals surface area contributed by atoms with Gasteiger partial charge >= 0.3 is 6.16 Å². The first-order valence-corrected chi connectivity index (χ1v) is 10.3. The number of carbonyl (C=O) groups excluding carboxylic acids is 2. The minimum atomic E-state index is -0.797. The van der Waals surface area contributed by atoms with Gasteiger partial charge in [0, 0.05) is 18.0 Å². The lowest BCUT2D eigenvalue weighted by Gasteiger charge is -2.22. The number of hydrogen-bond acceptors (Lipinski definition) is 8. The Balaban J connectivity index is 1.80. The molecule has 176 valence electrons. The normalized spacial score (nSPS) is 15.7. The SMILES string of the molecule is COc1cc(C(=O)N2C=C(c3ccc(OC(=O)OC(C)(C)C)cc3)CC2CO)c(N)cc1O. The van der Waals surface area contributed by atoms with Crippen LogP contribution in [0.3, 0.4) is 0 Å². The minimum Gasteiger partial charge on any atom is -0.504 e. The molecule has 0 bridgehead atoms. The number of aromatic hydroxyl groups is 1. The number of ether oxygens (including phenoxy) is 3. The van der Waals surface area contributed by atoms with Gasteiger partial charge < -0.3 is 35.1 Å². The first-order valence-electron chi connectivity index (χ1n) is 10.3. The van der Waals surface area contributed by atoms with Crippen LogP contribution in [0, 0.1) is 0 Å². The van der Waals surface area contributed by atoms with Crippen LogP contribution in [0.1, 0.15) is 43.1 Å². The number of amides is 1. The maximum atomic E-state index is 13.2. The summed E-state index contributed by atoms with van der Waals surface area (Å²) in [6, 6.07) is 8.91. The number of aliphatic hydroxyl groups excluding tert-OH is 1. The van der Waals surface area contributed by atoms with Gasteiger partial charge in [-0.1, -0.05) is 12.1 Å². The molecular weight excluding hydrogens is 428 g/mol. The highest BCUT2D eigenvalue weighted by molar-refractivity contribution is 6.01. The molecule has 1 heterocycles. The fourth-order valence-electron chi connectivity index (χ4n) is 3.42. The van der Waals surface area contributed by atoms with Gasteiger partial charge in [-0.05, 0) is 56.5 Å². The number of phenolic OH excluding ortho intramolecular Hbond substituents is 1. The molecule has 3 rings (SSSR count). The van der Waals surface area contributed by atoms with Crippen LogP contribution in [0.5, 0.6) is 17.2 Å². The third kappa shape index (κ3) is 5.56.